The molecule has 0 saturated heterocycles. The van der Waals surface area contributed by atoms with E-state index < -0.39 is 0 Å². The number of hydrogen-bond acceptors (Lipinski definition) is 2. The molecule has 0 aliphatic rings. The Balaban J connectivity index is 1.92. The summed E-state index contributed by atoms with van der Waals surface area (Å²) in [7, 11) is 0. The van der Waals surface area contributed by atoms with Crippen molar-refractivity contribution in [2.75, 3.05) is 10.6 Å². The number of hydrogen-bond donors (Lipinski definition) is 2. The largest absolute Gasteiger partial charge is 0.381 e. The highest BCUT2D eigenvalue weighted by Gasteiger charge is 2.25. The maximum Gasteiger partial charge on any atom is 0.230 e. The summed E-state index contributed by atoms with van der Waals surface area (Å²) < 4.78 is 0. The van der Waals surface area contributed by atoms with Crippen molar-refractivity contribution in [2.45, 2.75) is 33.7 Å². The monoisotopic (exact) mass is 296 g/mol. The van der Waals surface area contributed by atoms with Gasteiger partial charge in [0.25, 0.3) is 0 Å². The van der Waals surface area contributed by atoms with Crippen LogP contribution in [0.2, 0.25) is 0 Å². The lowest BCUT2D eigenvalue weighted by molar-refractivity contribution is -0.124. The van der Waals surface area contributed by atoms with Gasteiger partial charge in [0.2, 0.25) is 5.91 Å². The van der Waals surface area contributed by atoms with E-state index in [1.165, 1.54) is 5.56 Å². The van der Waals surface area contributed by atoms with Gasteiger partial charge in [-0.25, -0.2) is 0 Å². The summed E-state index contributed by atoms with van der Waals surface area (Å²) in [6, 6.07) is 18.1. The van der Waals surface area contributed by atoms with Crippen molar-refractivity contribution >= 4 is 17.3 Å². The maximum absolute atomic E-state index is 12.1. The number of nitrogens with one attached hydrogen (secondary N) is 2. The quantitative estimate of drug-likeness (QED) is 0.813. The third-order valence-electron chi connectivity index (χ3n) is 3.98. The molecule has 0 radical (unpaired) electrons. The molecule has 22 heavy (non-hydrogen) atoms. The SMILES string of the molecule is CCC(C)(C)C(=O)Nc1ccc(CNc2ccccc2)cc1. The van der Waals surface area contributed by atoms with Crippen molar-refractivity contribution in [2.24, 2.45) is 5.41 Å². The third kappa shape index (κ3) is 4.35. The second-order valence-corrected chi connectivity index (χ2v) is 6.11. The van der Waals surface area contributed by atoms with Gasteiger partial charge in [-0.05, 0) is 36.2 Å². The highest BCUT2D eigenvalue weighted by molar-refractivity contribution is 5.94. The molecule has 3 heteroatoms. The summed E-state index contributed by atoms with van der Waals surface area (Å²) in [6.45, 7) is 6.71. The summed E-state index contributed by atoms with van der Waals surface area (Å²) in [5.74, 6) is 0.0603. The van der Waals surface area contributed by atoms with Crippen LogP contribution in [0.3, 0.4) is 0 Å². The predicted octanol–water partition coefficient (Wildman–Crippen LogP) is 4.67. The van der Waals surface area contributed by atoms with Crippen LogP contribution in [0.1, 0.15) is 32.8 Å². The summed E-state index contributed by atoms with van der Waals surface area (Å²) in [5, 5.41) is 6.34. The second-order valence-electron chi connectivity index (χ2n) is 6.11. The average Bonchev–Trinajstić information content (AvgIpc) is 2.55. The van der Waals surface area contributed by atoms with E-state index in [9.17, 15) is 4.79 Å². The minimum Gasteiger partial charge on any atom is -0.381 e. The van der Waals surface area contributed by atoms with Crippen LogP contribution in [-0.4, -0.2) is 5.91 Å². The lowest BCUT2D eigenvalue weighted by atomic mass is 9.89. The molecule has 0 fully saturated rings. The summed E-state index contributed by atoms with van der Waals surface area (Å²) in [4.78, 5) is 12.1. The van der Waals surface area contributed by atoms with E-state index in [4.69, 9.17) is 0 Å². The predicted molar refractivity (Wildman–Crippen MR) is 92.9 cm³/mol. The van der Waals surface area contributed by atoms with Crippen LogP contribution < -0.4 is 10.6 Å². The summed E-state index contributed by atoms with van der Waals surface area (Å²) in [5.41, 5.74) is 2.78. The highest BCUT2D eigenvalue weighted by Crippen LogP contribution is 2.22. The maximum atomic E-state index is 12.1. The summed E-state index contributed by atoms with van der Waals surface area (Å²) >= 11 is 0. The van der Waals surface area contributed by atoms with Crippen molar-refractivity contribution in [3.63, 3.8) is 0 Å². The molecule has 0 unspecified atom stereocenters. The lowest BCUT2D eigenvalue weighted by Gasteiger charge is -2.21. The molecule has 0 aromatic heterocycles. The van der Waals surface area contributed by atoms with Crippen LogP contribution >= 0.6 is 0 Å². The van der Waals surface area contributed by atoms with Crippen LogP contribution in [0.5, 0.6) is 0 Å². The van der Waals surface area contributed by atoms with Crippen molar-refractivity contribution in [1.29, 1.82) is 0 Å². The van der Waals surface area contributed by atoms with E-state index in [-0.39, 0.29) is 11.3 Å². The Hall–Kier alpha value is -2.29. The van der Waals surface area contributed by atoms with Gasteiger partial charge in [0, 0.05) is 23.3 Å². The normalized spacial score (nSPS) is 11.0. The Morgan fingerprint density at radius 1 is 0.955 bits per heavy atom. The first-order chi connectivity index (χ1) is 10.5. The van der Waals surface area contributed by atoms with E-state index in [1.54, 1.807) is 0 Å². The minimum atomic E-state index is -0.340. The van der Waals surface area contributed by atoms with Crippen LogP contribution in [-0.2, 0) is 11.3 Å². The van der Waals surface area contributed by atoms with E-state index >= 15 is 0 Å². The van der Waals surface area contributed by atoms with Crippen LogP contribution in [0.15, 0.2) is 54.6 Å². The first-order valence-corrected chi connectivity index (χ1v) is 7.70. The number of rotatable bonds is 6. The van der Waals surface area contributed by atoms with Gasteiger partial charge in [-0.1, -0.05) is 51.1 Å². The summed E-state index contributed by atoms with van der Waals surface area (Å²) in [6.07, 6.45) is 0.817. The smallest absolute Gasteiger partial charge is 0.230 e. The van der Waals surface area contributed by atoms with Crippen molar-refractivity contribution < 1.29 is 4.79 Å². The van der Waals surface area contributed by atoms with Gasteiger partial charge in [0.05, 0.1) is 0 Å². The van der Waals surface area contributed by atoms with E-state index in [2.05, 4.69) is 10.6 Å². The van der Waals surface area contributed by atoms with Gasteiger partial charge in [-0.3, -0.25) is 4.79 Å². The molecule has 0 bridgehead atoms. The van der Waals surface area contributed by atoms with Crippen LogP contribution in [0, 0.1) is 5.41 Å². The Bertz CT molecular complexity index is 603. The van der Waals surface area contributed by atoms with Crippen LogP contribution in [0.4, 0.5) is 11.4 Å². The first kappa shape index (κ1) is 16.1. The van der Waals surface area contributed by atoms with Gasteiger partial charge in [0.15, 0.2) is 0 Å². The average molecular weight is 296 g/mol. The number of amides is 1. The molecular weight excluding hydrogens is 272 g/mol. The molecule has 3 nitrogen and oxygen atoms in total. The zero-order valence-corrected chi connectivity index (χ0v) is 13.5. The molecule has 0 aliphatic carbocycles. The van der Waals surface area contributed by atoms with Gasteiger partial charge in [-0.2, -0.15) is 0 Å². The fourth-order valence-electron chi connectivity index (χ4n) is 1.93. The molecule has 0 aliphatic heterocycles. The number of anilines is 2. The number of carbonyl (C=O) groups excluding carboxylic acids is 1. The fourth-order valence-corrected chi connectivity index (χ4v) is 1.93. The van der Waals surface area contributed by atoms with E-state index in [0.29, 0.717) is 0 Å². The zero-order chi connectivity index (χ0) is 16.0. The van der Waals surface area contributed by atoms with Gasteiger partial charge in [-0.15, -0.1) is 0 Å². The number of carbonyl (C=O) groups is 1. The molecule has 116 valence electrons. The molecule has 1 amide bonds. The minimum absolute atomic E-state index is 0.0603. The van der Waals surface area contributed by atoms with Gasteiger partial charge < -0.3 is 10.6 Å². The van der Waals surface area contributed by atoms with Crippen molar-refractivity contribution in [3.8, 4) is 0 Å². The number of benzene rings is 2. The molecule has 2 N–H and O–H groups in total. The Kier molecular flexibility index (Phi) is 5.21. The molecule has 0 atom stereocenters. The highest BCUT2D eigenvalue weighted by atomic mass is 16.2. The Morgan fingerprint density at radius 2 is 1.59 bits per heavy atom. The first-order valence-electron chi connectivity index (χ1n) is 7.70. The standard InChI is InChI=1S/C19H24N2O/c1-4-19(2,3)18(22)21-17-12-10-15(11-13-17)14-20-16-8-6-5-7-9-16/h5-13,20H,4,14H2,1-3H3,(H,21,22). The number of para-hydroxylation sites is 1. The molecule has 0 spiro atoms. The van der Waals surface area contributed by atoms with Crippen molar-refractivity contribution in [3.05, 3.63) is 60.2 Å². The lowest BCUT2D eigenvalue weighted by Crippen LogP contribution is -2.29. The third-order valence-corrected chi connectivity index (χ3v) is 3.98. The molecule has 0 saturated carbocycles. The fraction of sp³-hybridized carbons (Fsp3) is 0.316. The Labute approximate surface area is 132 Å². The molecule has 2 aromatic rings. The van der Waals surface area contributed by atoms with Crippen molar-refractivity contribution in [1.82, 2.24) is 0 Å². The zero-order valence-electron chi connectivity index (χ0n) is 13.5. The van der Waals surface area contributed by atoms with E-state index in [1.807, 2.05) is 75.4 Å². The molecule has 2 aromatic carbocycles. The van der Waals surface area contributed by atoms with E-state index in [0.717, 1.165) is 24.3 Å². The Morgan fingerprint density at radius 3 is 2.18 bits per heavy atom. The van der Waals surface area contributed by atoms with Gasteiger partial charge in [0.1, 0.15) is 0 Å². The second kappa shape index (κ2) is 7.12. The molecule has 2 rings (SSSR count). The molecular formula is C19H24N2O. The van der Waals surface area contributed by atoms with Gasteiger partial charge >= 0.3 is 0 Å². The van der Waals surface area contributed by atoms with Crippen LogP contribution in [0.25, 0.3) is 0 Å². The topological polar surface area (TPSA) is 41.1 Å². The molecule has 0 heterocycles.